The summed E-state index contributed by atoms with van der Waals surface area (Å²) < 4.78 is 30.0. The van der Waals surface area contributed by atoms with Gasteiger partial charge in [0.2, 0.25) is 0 Å². The summed E-state index contributed by atoms with van der Waals surface area (Å²) in [6.45, 7) is 0.701. The van der Waals surface area contributed by atoms with Crippen molar-refractivity contribution in [2.45, 2.75) is 12.8 Å². The lowest BCUT2D eigenvalue weighted by Gasteiger charge is -2.11. The Morgan fingerprint density at radius 3 is 2.53 bits per heavy atom. The van der Waals surface area contributed by atoms with Crippen LogP contribution in [0.2, 0.25) is 0 Å². The van der Waals surface area contributed by atoms with E-state index in [9.17, 15) is 13.6 Å². The van der Waals surface area contributed by atoms with Gasteiger partial charge >= 0.3 is 5.97 Å². The maximum atomic E-state index is 12.8. The Labute approximate surface area is 85.1 Å². The van der Waals surface area contributed by atoms with E-state index in [1.165, 1.54) is 13.2 Å². The number of aromatic nitrogens is 1. The molecule has 0 atom stereocenters. The fourth-order valence-corrected chi connectivity index (χ4v) is 1.00. The second-order valence-corrected chi connectivity index (χ2v) is 3.01. The molecular formula is C9H10F2N2O2. The van der Waals surface area contributed by atoms with Gasteiger partial charge in [-0.05, 0) is 12.1 Å². The minimum atomic E-state index is -3.08. The van der Waals surface area contributed by atoms with Crippen molar-refractivity contribution in [2.24, 2.45) is 0 Å². The quantitative estimate of drug-likeness (QED) is 0.762. The first-order chi connectivity index (χ1) is 6.86. The molecule has 0 aromatic carbocycles. The van der Waals surface area contributed by atoms with Crippen molar-refractivity contribution in [2.75, 3.05) is 12.8 Å². The lowest BCUT2D eigenvalue weighted by molar-refractivity contribution is 0.0128. The number of ether oxygens (including phenoxy) is 1. The van der Waals surface area contributed by atoms with Crippen molar-refractivity contribution in [3.63, 3.8) is 0 Å². The predicted molar refractivity (Wildman–Crippen MR) is 49.6 cm³/mol. The van der Waals surface area contributed by atoms with Crippen LogP contribution >= 0.6 is 0 Å². The van der Waals surface area contributed by atoms with Gasteiger partial charge in [-0.3, -0.25) is 0 Å². The van der Waals surface area contributed by atoms with Crippen molar-refractivity contribution in [3.8, 4) is 0 Å². The third-order valence-corrected chi connectivity index (χ3v) is 1.78. The number of esters is 1. The van der Waals surface area contributed by atoms with Crippen LogP contribution in [-0.4, -0.2) is 18.1 Å². The predicted octanol–water partition coefficient (Wildman–Crippen LogP) is 1.56. The summed E-state index contributed by atoms with van der Waals surface area (Å²) in [6, 6.07) is 2.21. The highest BCUT2D eigenvalue weighted by atomic mass is 19.3. The number of nitrogen functional groups attached to an aromatic ring is 1. The van der Waals surface area contributed by atoms with Gasteiger partial charge in [0.25, 0.3) is 5.92 Å². The molecule has 0 bridgehead atoms. The normalized spacial score (nSPS) is 11.2. The number of halogens is 2. The highest BCUT2D eigenvalue weighted by Gasteiger charge is 2.27. The standard InChI is InChI=1S/C9H10F2N2O2/c1-9(10,11)6-4-3-5(7(12)13-6)8(14)15-2/h3-4H,1-2H3,(H2,12,13). The SMILES string of the molecule is COC(=O)c1ccc(C(C)(F)F)nc1N. The van der Waals surface area contributed by atoms with Gasteiger partial charge in [0.1, 0.15) is 17.1 Å². The molecule has 0 aliphatic rings. The summed E-state index contributed by atoms with van der Waals surface area (Å²) in [7, 11) is 1.17. The smallest absolute Gasteiger partial charge is 0.341 e. The largest absolute Gasteiger partial charge is 0.465 e. The first-order valence-electron chi connectivity index (χ1n) is 4.09. The molecule has 1 aromatic rings. The monoisotopic (exact) mass is 216 g/mol. The fraction of sp³-hybridized carbons (Fsp3) is 0.333. The van der Waals surface area contributed by atoms with E-state index in [0.717, 1.165) is 6.07 Å². The van der Waals surface area contributed by atoms with E-state index in [1.54, 1.807) is 0 Å². The van der Waals surface area contributed by atoms with Gasteiger partial charge in [-0.1, -0.05) is 0 Å². The Bertz CT molecular complexity index is 388. The first kappa shape index (κ1) is 11.4. The van der Waals surface area contributed by atoms with Gasteiger partial charge in [0.05, 0.1) is 7.11 Å². The molecular weight excluding hydrogens is 206 g/mol. The van der Waals surface area contributed by atoms with Crippen LogP contribution in [0.1, 0.15) is 23.0 Å². The average molecular weight is 216 g/mol. The molecule has 0 saturated heterocycles. The van der Waals surface area contributed by atoms with E-state index in [-0.39, 0.29) is 11.4 Å². The fourth-order valence-electron chi connectivity index (χ4n) is 1.00. The topological polar surface area (TPSA) is 65.2 Å². The molecule has 0 radical (unpaired) electrons. The molecule has 6 heteroatoms. The number of carbonyl (C=O) groups is 1. The number of anilines is 1. The molecule has 0 amide bonds. The minimum absolute atomic E-state index is 0.0227. The summed E-state index contributed by atoms with van der Waals surface area (Å²) in [4.78, 5) is 14.5. The van der Waals surface area contributed by atoms with Crippen LogP contribution in [0.3, 0.4) is 0 Å². The van der Waals surface area contributed by atoms with Gasteiger partial charge in [0, 0.05) is 6.92 Å². The zero-order valence-corrected chi connectivity index (χ0v) is 8.25. The molecule has 0 fully saturated rings. The Hall–Kier alpha value is -1.72. The highest BCUT2D eigenvalue weighted by Crippen LogP contribution is 2.26. The van der Waals surface area contributed by atoms with Gasteiger partial charge in [-0.15, -0.1) is 0 Å². The molecule has 1 aromatic heterocycles. The van der Waals surface area contributed by atoms with Crippen LogP contribution in [-0.2, 0) is 10.7 Å². The number of methoxy groups -OCH3 is 1. The third-order valence-electron chi connectivity index (χ3n) is 1.78. The van der Waals surface area contributed by atoms with E-state index in [2.05, 4.69) is 9.72 Å². The number of rotatable bonds is 2. The van der Waals surface area contributed by atoms with Gasteiger partial charge < -0.3 is 10.5 Å². The van der Waals surface area contributed by atoms with Gasteiger partial charge in [0.15, 0.2) is 0 Å². The molecule has 0 spiro atoms. The molecule has 2 N–H and O–H groups in total. The molecule has 0 unspecified atom stereocenters. The van der Waals surface area contributed by atoms with Crippen LogP contribution in [0, 0.1) is 0 Å². The molecule has 4 nitrogen and oxygen atoms in total. The molecule has 0 saturated carbocycles. The van der Waals surface area contributed by atoms with Crippen molar-refractivity contribution in [1.82, 2.24) is 4.98 Å². The summed E-state index contributed by atoms with van der Waals surface area (Å²) in [5.41, 5.74) is 4.85. The summed E-state index contributed by atoms with van der Waals surface area (Å²) in [5, 5.41) is 0. The zero-order valence-electron chi connectivity index (χ0n) is 8.25. The van der Waals surface area contributed by atoms with Crippen LogP contribution in [0.25, 0.3) is 0 Å². The number of hydrogen-bond acceptors (Lipinski definition) is 4. The average Bonchev–Trinajstić information content (AvgIpc) is 2.15. The Morgan fingerprint density at radius 2 is 2.13 bits per heavy atom. The second-order valence-electron chi connectivity index (χ2n) is 3.01. The van der Waals surface area contributed by atoms with Crippen molar-refractivity contribution in [3.05, 3.63) is 23.4 Å². The van der Waals surface area contributed by atoms with E-state index in [0.29, 0.717) is 6.92 Å². The minimum Gasteiger partial charge on any atom is -0.465 e. The second kappa shape index (κ2) is 3.80. The van der Waals surface area contributed by atoms with E-state index >= 15 is 0 Å². The van der Waals surface area contributed by atoms with Crippen molar-refractivity contribution >= 4 is 11.8 Å². The molecule has 0 aliphatic carbocycles. The van der Waals surface area contributed by atoms with Crippen LogP contribution in [0.4, 0.5) is 14.6 Å². The van der Waals surface area contributed by atoms with Gasteiger partial charge in [-0.25, -0.2) is 9.78 Å². The maximum absolute atomic E-state index is 12.8. The number of hydrogen-bond donors (Lipinski definition) is 1. The number of alkyl halides is 2. The maximum Gasteiger partial charge on any atom is 0.341 e. The number of nitrogens with zero attached hydrogens (tertiary/aromatic N) is 1. The highest BCUT2D eigenvalue weighted by molar-refractivity contribution is 5.93. The molecule has 15 heavy (non-hydrogen) atoms. The van der Waals surface area contributed by atoms with Crippen molar-refractivity contribution in [1.29, 1.82) is 0 Å². The molecule has 0 aliphatic heterocycles. The summed E-state index contributed by atoms with van der Waals surface area (Å²) in [6.07, 6.45) is 0. The number of pyridine rings is 1. The number of nitrogens with two attached hydrogens (primary N) is 1. The number of carbonyl (C=O) groups excluding carboxylic acids is 1. The zero-order chi connectivity index (χ0) is 11.6. The van der Waals surface area contributed by atoms with Gasteiger partial charge in [-0.2, -0.15) is 8.78 Å². The van der Waals surface area contributed by atoms with Crippen LogP contribution in [0.5, 0.6) is 0 Å². The summed E-state index contributed by atoms with van der Waals surface area (Å²) in [5.74, 6) is -4.05. The summed E-state index contributed by atoms with van der Waals surface area (Å²) >= 11 is 0. The van der Waals surface area contributed by atoms with E-state index in [1.807, 2.05) is 0 Å². The molecule has 1 heterocycles. The van der Waals surface area contributed by atoms with E-state index < -0.39 is 17.6 Å². The lowest BCUT2D eigenvalue weighted by Crippen LogP contribution is -2.14. The molecule has 1 rings (SSSR count). The Kier molecular flexibility index (Phi) is 2.88. The van der Waals surface area contributed by atoms with Crippen LogP contribution in [0.15, 0.2) is 12.1 Å². The van der Waals surface area contributed by atoms with E-state index in [4.69, 9.17) is 5.73 Å². The Morgan fingerprint density at radius 1 is 1.53 bits per heavy atom. The van der Waals surface area contributed by atoms with Crippen molar-refractivity contribution < 1.29 is 18.3 Å². The molecule has 82 valence electrons. The Balaban J connectivity index is 3.15. The third kappa shape index (κ3) is 2.39. The van der Waals surface area contributed by atoms with Crippen LogP contribution < -0.4 is 5.73 Å². The first-order valence-corrected chi connectivity index (χ1v) is 4.09. The lowest BCUT2D eigenvalue weighted by atomic mass is 10.2.